The highest BCUT2D eigenvalue weighted by atomic mass is 32.2. The van der Waals surface area contributed by atoms with E-state index in [0.717, 1.165) is 36.4 Å². The Balaban J connectivity index is 1.56. The minimum absolute atomic E-state index is 0.0279. The first-order valence-electron chi connectivity index (χ1n) is 7.79. The van der Waals surface area contributed by atoms with Gasteiger partial charge in [0.2, 0.25) is 5.91 Å². The lowest BCUT2D eigenvalue weighted by Gasteiger charge is -2.07. The van der Waals surface area contributed by atoms with Crippen LogP contribution in [0.25, 0.3) is 0 Å². The largest absolute Gasteiger partial charge is 0.323 e. The number of anilines is 1. The molecule has 8 nitrogen and oxygen atoms in total. The van der Waals surface area contributed by atoms with Gasteiger partial charge < -0.3 is 9.88 Å². The van der Waals surface area contributed by atoms with Gasteiger partial charge in [-0.1, -0.05) is 17.8 Å². The Hall–Kier alpha value is -2.79. The summed E-state index contributed by atoms with van der Waals surface area (Å²) in [6, 6.07) is 7.00. The molecule has 0 aliphatic heterocycles. The fraction of sp³-hybridized carbons (Fsp3) is 0.188. The molecule has 1 amide bonds. The van der Waals surface area contributed by atoms with Crippen molar-refractivity contribution in [1.29, 1.82) is 0 Å². The first kappa shape index (κ1) is 19.0. The smallest absolute Gasteiger partial charge is 0.271 e. The number of aryl methyl sites for hydroxylation is 2. The van der Waals surface area contributed by atoms with Gasteiger partial charge in [-0.15, -0.1) is 21.5 Å². The molecular weight excluding hydrogens is 393 g/mol. The van der Waals surface area contributed by atoms with E-state index >= 15 is 0 Å². The molecule has 140 valence electrons. The summed E-state index contributed by atoms with van der Waals surface area (Å²) < 4.78 is 15.6. The number of nitro benzene ring substituents is 1. The van der Waals surface area contributed by atoms with Crippen molar-refractivity contribution in [3.8, 4) is 0 Å². The summed E-state index contributed by atoms with van der Waals surface area (Å²) in [6.45, 7) is 0.678. The summed E-state index contributed by atoms with van der Waals surface area (Å²) in [7, 11) is 0. The Morgan fingerprint density at radius 1 is 1.41 bits per heavy atom. The normalized spacial score (nSPS) is 10.7. The molecule has 0 unspecified atom stereocenters. The summed E-state index contributed by atoms with van der Waals surface area (Å²) in [5.74, 6) is -1.26. The number of carbonyl (C=O) groups is 1. The van der Waals surface area contributed by atoms with E-state index < -0.39 is 16.6 Å². The molecule has 0 bridgehead atoms. The number of nitrogens with one attached hydrogen (secondary N) is 1. The second-order valence-electron chi connectivity index (χ2n) is 5.39. The van der Waals surface area contributed by atoms with Gasteiger partial charge in [0.25, 0.3) is 5.69 Å². The van der Waals surface area contributed by atoms with Crippen LogP contribution in [0.3, 0.4) is 0 Å². The third-order valence-electron chi connectivity index (χ3n) is 3.53. The van der Waals surface area contributed by atoms with Crippen LogP contribution in [0.4, 0.5) is 15.8 Å². The maximum absolute atomic E-state index is 13.7. The van der Waals surface area contributed by atoms with Crippen LogP contribution >= 0.6 is 23.1 Å². The molecule has 27 heavy (non-hydrogen) atoms. The fourth-order valence-electron chi connectivity index (χ4n) is 2.23. The van der Waals surface area contributed by atoms with E-state index in [9.17, 15) is 19.3 Å². The van der Waals surface area contributed by atoms with Gasteiger partial charge in [0, 0.05) is 23.6 Å². The van der Waals surface area contributed by atoms with Crippen LogP contribution < -0.4 is 5.32 Å². The topological polar surface area (TPSA) is 103 Å². The molecule has 2 aromatic heterocycles. The highest BCUT2D eigenvalue weighted by molar-refractivity contribution is 7.99. The van der Waals surface area contributed by atoms with Crippen LogP contribution in [0.15, 0.2) is 47.2 Å². The average Bonchev–Trinajstić information content (AvgIpc) is 3.31. The van der Waals surface area contributed by atoms with Crippen LogP contribution in [-0.2, 0) is 17.8 Å². The fourth-order valence-corrected chi connectivity index (χ4v) is 3.67. The number of aromatic nitrogens is 3. The number of carbonyl (C=O) groups excluding carboxylic acids is 1. The predicted molar refractivity (Wildman–Crippen MR) is 100 cm³/mol. The molecule has 2 heterocycles. The SMILES string of the molecule is O=C(CSc1nncn1CCc1cccs1)Nc1cc([N+](=O)[O-])ccc1F. The van der Waals surface area contributed by atoms with Gasteiger partial charge in [0.1, 0.15) is 12.1 Å². The van der Waals surface area contributed by atoms with E-state index in [4.69, 9.17) is 0 Å². The monoisotopic (exact) mass is 407 g/mol. The standard InChI is InChI=1S/C16H14FN5O3S2/c17-13-4-3-11(22(24)25)8-14(13)19-15(23)9-27-16-20-18-10-21(16)6-5-12-2-1-7-26-12/h1-4,7-8,10H,5-6,9H2,(H,19,23). The maximum Gasteiger partial charge on any atom is 0.271 e. The number of benzene rings is 1. The average molecular weight is 407 g/mol. The van der Waals surface area contributed by atoms with Crippen molar-refractivity contribution in [2.45, 2.75) is 18.1 Å². The number of nitrogens with zero attached hydrogens (tertiary/aromatic N) is 4. The Morgan fingerprint density at radius 2 is 2.26 bits per heavy atom. The molecule has 3 aromatic rings. The zero-order valence-electron chi connectivity index (χ0n) is 13.9. The molecule has 3 rings (SSSR count). The van der Waals surface area contributed by atoms with Crippen LogP contribution in [-0.4, -0.2) is 31.3 Å². The number of non-ortho nitro benzene ring substituents is 1. The predicted octanol–water partition coefficient (Wildman–Crippen LogP) is 3.36. The lowest BCUT2D eigenvalue weighted by Crippen LogP contribution is -2.16. The number of nitro groups is 1. The van der Waals surface area contributed by atoms with Crippen LogP contribution in [0, 0.1) is 15.9 Å². The van der Waals surface area contributed by atoms with Crippen molar-refractivity contribution >= 4 is 40.4 Å². The summed E-state index contributed by atoms with van der Waals surface area (Å²) in [5, 5.41) is 23.5. The lowest BCUT2D eigenvalue weighted by molar-refractivity contribution is -0.384. The van der Waals surface area contributed by atoms with Crippen molar-refractivity contribution in [1.82, 2.24) is 14.8 Å². The van der Waals surface area contributed by atoms with Crippen molar-refractivity contribution < 1.29 is 14.1 Å². The van der Waals surface area contributed by atoms with Gasteiger partial charge in [-0.2, -0.15) is 0 Å². The van der Waals surface area contributed by atoms with Gasteiger partial charge in [-0.25, -0.2) is 4.39 Å². The number of thiophene rings is 1. The second kappa shape index (κ2) is 8.73. The molecule has 11 heteroatoms. The van der Waals surface area contributed by atoms with Gasteiger partial charge in [0.15, 0.2) is 5.16 Å². The number of thioether (sulfide) groups is 1. The molecule has 1 aromatic carbocycles. The molecule has 0 atom stereocenters. The molecule has 0 saturated carbocycles. The number of amides is 1. The summed E-state index contributed by atoms with van der Waals surface area (Å²) in [4.78, 5) is 23.4. The molecule has 0 radical (unpaired) electrons. The molecular formula is C16H14FN5O3S2. The summed E-state index contributed by atoms with van der Waals surface area (Å²) >= 11 is 2.83. The number of rotatable bonds is 8. The number of hydrogen-bond donors (Lipinski definition) is 1. The Labute approximate surface area is 161 Å². The van der Waals surface area contributed by atoms with Crippen molar-refractivity contribution in [3.05, 3.63) is 62.8 Å². The minimum atomic E-state index is -0.738. The first-order chi connectivity index (χ1) is 13.0. The van der Waals surface area contributed by atoms with Gasteiger partial charge in [-0.3, -0.25) is 14.9 Å². The summed E-state index contributed by atoms with van der Waals surface area (Å²) in [6.07, 6.45) is 2.42. The van der Waals surface area contributed by atoms with Crippen molar-refractivity contribution in [2.24, 2.45) is 0 Å². The van der Waals surface area contributed by atoms with E-state index in [-0.39, 0.29) is 17.1 Å². The van der Waals surface area contributed by atoms with Gasteiger partial charge in [0.05, 0.1) is 16.4 Å². The maximum atomic E-state index is 13.7. The molecule has 0 aliphatic rings. The second-order valence-corrected chi connectivity index (χ2v) is 7.37. The van der Waals surface area contributed by atoms with E-state index in [2.05, 4.69) is 15.5 Å². The molecule has 0 saturated heterocycles. The Bertz CT molecular complexity index is 945. The highest BCUT2D eigenvalue weighted by Crippen LogP contribution is 2.22. The van der Waals surface area contributed by atoms with Crippen molar-refractivity contribution in [3.63, 3.8) is 0 Å². The van der Waals surface area contributed by atoms with Crippen molar-refractivity contribution in [2.75, 3.05) is 11.1 Å². The highest BCUT2D eigenvalue weighted by Gasteiger charge is 2.14. The quantitative estimate of drug-likeness (QED) is 0.349. The molecule has 1 N–H and O–H groups in total. The van der Waals surface area contributed by atoms with Crippen LogP contribution in [0.5, 0.6) is 0 Å². The van der Waals surface area contributed by atoms with E-state index in [1.165, 1.54) is 4.88 Å². The third-order valence-corrected chi connectivity index (χ3v) is 5.44. The molecule has 0 fully saturated rings. The minimum Gasteiger partial charge on any atom is -0.323 e. The Kier molecular flexibility index (Phi) is 6.14. The molecule has 0 aliphatic carbocycles. The van der Waals surface area contributed by atoms with Crippen LogP contribution in [0.2, 0.25) is 0 Å². The zero-order valence-corrected chi connectivity index (χ0v) is 15.5. The van der Waals surface area contributed by atoms with Gasteiger partial charge >= 0.3 is 0 Å². The lowest BCUT2D eigenvalue weighted by atomic mass is 10.2. The molecule has 0 spiro atoms. The van der Waals surface area contributed by atoms with Crippen LogP contribution in [0.1, 0.15) is 4.88 Å². The van der Waals surface area contributed by atoms with E-state index in [1.54, 1.807) is 17.7 Å². The number of hydrogen-bond acceptors (Lipinski definition) is 7. The van der Waals surface area contributed by atoms with Gasteiger partial charge in [-0.05, 0) is 23.9 Å². The third kappa shape index (κ3) is 5.11. The van der Waals surface area contributed by atoms with E-state index in [0.29, 0.717) is 11.7 Å². The Morgan fingerprint density at radius 3 is 3.00 bits per heavy atom. The zero-order chi connectivity index (χ0) is 19.2. The number of halogens is 1. The summed E-state index contributed by atoms with van der Waals surface area (Å²) in [5.41, 5.74) is -0.526. The first-order valence-corrected chi connectivity index (χ1v) is 9.66. The van der Waals surface area contributed by atoms with E-state index in [1.807, 2.05) is 22.1 Å².